The number of fused-ring (bicyclic) bond motifs is 3. The summed E-state index contributed by atoms with van der Waals surface area (Å²) in [6.45, 7) is 7.07. The molecule has 1 aromatic heterocycles. The lowest BCUT2D eigenvalue weighted by atomic mass is 9.59. The van der Waals surface area contributed by atoms with Crippen LogP contribution in [0, 0.1) is 17.8 Å². The van der Waals surface area contributed by atoms with Gasteiger partial charge < -0.3 is 28.8 Å². The Morgan fingerprint density at radius 1 is 0.951 bits per heavy atom. The van der Waals surface area contributed by atoms with Crippen molar-refractivity contribution in [1.82, 2.24) is 4.90 Å². The number of aromatic hydroxyl groups is 1. The lowest BCUT2D eigenvalue weighted by molar-refractivity contribution is -0.0465. The van der Waals surface area contributed by atoms with E-state index in [-0.39, 0.29) is 33.6 Å². The van der Waals surface area contributed by atoms with Crippen LogP contribution in [0.25, 0.3) is 22.3 Å². The van der Waals surface area contributed by atoms with Crippen molar-refractivity contribution >= 4 is 16.7 Å². The Morgan fingerprint density at radius 2 is 1.66 bits per heavy atom. The molecule has 2 bridgehead atoms. The fourth-order valence-electron chi connectivity index (χ4n) is 7.68. The van der Waals surface area contributed by atoms with Gasteiger partial charge in [-0.1, -0.05) is 20.3 Å². The monoisotopic (exact) mass is 562 g/mol. The SMILES string of the molecule is COc1c(-c2ccc(N(C)CCCCN(C)C34CC(C)CC(CCC3C)C4)cc2)oc2c(OC)c(O)ccc2c1=O. The quantitative estimate of drug-likeness (QED) is 0.268. The molecule has 7 nitrogen and oxygen atoms in total. The van der Waals surface area contributed by atoms with Crippen molar-refractivity contribution in [1.29, 1.82) is 0 Å². The summed E-state index contributed by atoms with van der Waals surface area (Å²) in [4.78, 5) is 18.2. The van der Waals surface area contributed by atoms with Gasteiger partial charge in [0.25, 0.3) is 0 Å². The third kappa shape index (κ3) is 5.53. The van der Waals surface area contributed by atoms with Crippen molar-refractivity contribution in [3.8, 4) is 28.6 Å². The Hall–Kier alpha value is -3.19. The van der Waals surface area contributed by atoms with Crippen molar-refractivity contribution < 1.29 is 19.0 Å². The standard InChI is InChI=1S/C34H46N2O5/c1-22-19-24-10-9-23(2)34(20-22,21-24)36(4)18-8-7-17-35(3)26-13-11-25(12-14-26)30-33(40-6)29(38)27-15-16-28(37)32(39-5)31(27)41-30/h11-16,22-24,37H,7-10,17-21H2,1-6H3. The summed E-state index contributed by atoms with van der Waals surface area (Å²) in [7, 11) is 7.39. The van der Waals surface area contributed by atoms with Gasteiger partial charge in [0.2, 0.25) is 16.9 Å². The van der Waals surface area contributed by atoms with E-state index in [4.69, 9.17) is 13.9 Å². The summed E-state index contributed by atoms with van der Waals surface area (Å²) in [5.41, 5.74) is 2.09. The number of rotatable bonds is 10. The first kappa shape index (κ1) is 29.3. The van der Waals surface area contributed by atoms with Gasteiger partial charge in [0.05, 0.1) is 19.6 Å². The van der Waals surface area contributed by atoms with Crippen LogP contribution in [0.5, 0.6) is 17.2 Å². The van der Waals surface area contributed by atoms with E-state index in [0.717, 1.165) is 43.0 Å². The normalized spacial score (nSPS) is 24.0. The molecule has 1 heterocycles. The number of nitrogens with zero attached hydrogens (tertiary/aromatic N) is 2. The molecule has 0 spiro atoms. The highest BCUT2D eigenvalue weighted by Gasteiger charge is 2.48. The Bertz CT molecular complexity index is 1410. The molecule has 222 valence electrons. The average Bonchev–Trinajstić information content (AvgIpc) is 2.96. The van der Waals surface area contributed by atoms with Crippen molar-refractivity contribution in [3.05, 3.63) is 46.6 Å². The van der Waals surface area contributed by atoms with Crippen LogP contribution in [0.15, 0.2) is 45.6 Å². The summed E-state index contributed by atoms with van der Waals surface area (Å²) in [5.74, 6) is 3.01. The van der Waals surface area contributed by atoms with Crippen molar-refractivity contribution in [2.75, 3.05) is 46.3 Å². The number of phenolic OH excluding ortho intramolecular Hbond substituents is 1. The fourth-order valence-corrected chi connectivity index (χ4v) is 7.68. The molecule has 41 heavy (non-hydrogen) atoms. The molecule has 2 saturated carbocycles. The second kappa shape index (κ2) is 12.0. The molecule has 7 heteroatoms. The minimum absolute atomic E-state index is 0.0900. The van der Waals surface area contributed by atoms with Crippen LogP contribution in [0.3, 0.4) is 0 Å². The lowest BCUT2D eigenvalue weighted by Crippen LogP contribution is -2.58. The molecule has 1 N–H and O–H groups in total. The molecule has 0 aliphatic heterocycles. The molecule has 2 aliphatic carbocycles. The summed E-state index contributed by atoms with van der Waals surface area (Å²) in [5, 5.41) is 10.5. The van der Waals surface area contributed by atoms with E-state index in [9.17, 15) is 9.90 Å². The zero-order valence-corrected chi connectivity index (χ0v) is 25.5. The highest BCUT2D eigenvalue weighted by molar-refractivity contribution is 5.88. The van der Waals surface area contributed by atoms with Gasteiger partial charge in [-0.25, -0.2) is 0 Å². The highest BCUT2D eigenvalue weighted by atomic mass is 16.5. The maximum atomic E-state index is 13.2. The lowest BCUT2D eigenvalue weighted by Gasteiger charge is -2.56. The summed E-state index contributed by atoms with van der Waals surface area (Å²) in [6.07, 6.45) is 9.26. The van der Waals surface area contributed by atoms with Gasteiger partial charge in [0.15, 0.2) is 17.1 Å². The Morgan fingerprint density at radius 3 is 2.37 bits per heavy atom. The average molecular weight is 563 g/mol. The van der Waals surface area contributed by atoms with Crippen LogP contribution in [-0.2, 0) is 0 Å². The molecular weight excluding hydrogens is 516 g/mol. The zero-order valence-electron chi connectivity index (χ0n) is 25.5. The maximum absolute atomic E-state index is 13.2. The summed E-state index contributed by atoms with van der Waals surface area (Å²) >= 11 is 0. The molecule has 4 unspecified atom stereocenters. The summed E-state index contributed by atoms with van der Waals surface area (Å²) < 4.78 is 16.9. The van der Waals surface area contributed by atoms with Gasteiger partial charge >= 0.3 is 0 Å². The highest BCUT2D eigenvalue weighted by Crippen LogP contribution is 2.51. The molecule has 0 amide bonds. The number of hydrogen-bond acceptors (Lipinski definition) is 7. The zero-order chi connectivity index (χ0) is 29.3. The van der Waals surface area contributed by atoms with Gasteiger partial charge in [-0.15, -0.1) is 0 Å². The van der Waals surface area contributed by atoms with Gasteiger partial charge in [-0.3, -0.25) is 4.79 Å². The number of anilines is 1. The van der Waals surface area contributed by atoms with Crippen LogP contribution >= 0.6 is 0 Å². The smallest absolute Gasteiger partial charge is 0.235 e. The molecule has 2 aliphatic rings. The van der Waals surface area contributed by atoms with Crippen LogP contribution in [0.4, 0.5) is 5.69 Å². The molecule has 4 atom stereocenters. The number of unbranched alkanes of at least 4 members (excludes halogenated alkanes) is 1. The first-order valence-electron chi connectivity index (χ1n) is 15.1. The van der Waals surface area contributed by atoms with E-state index in [1.165, 1.54) is 64.9 Å². The Labute approximate surface area is 244 Å². The molecule has 0 saturated heterocycles. The van der Waals surface area contributed by atoms with E-state index in [2.05, 4.69) is 37.7 Å². The van der Waals surface area contributed by atoms with E-state index >= 15 is 0 Å². The van der Waals surface area contributed by atoms with E-state index in [0.29, 0.717) is 16.9 Å². The van der Waals surface area contributed by atoms with E-state index in [1.807, 2.05) is 24.3 Å². The number of benzene rings is 2. The predicted octanol–water partition coefficient (Wildman–Crippen LogP) is 6.94. The first-order chi connectivity index (χ1) is 19.7. The Kier molecular flexibility index (Phi) is 8.55. The number of phenols is 1. The molecule has 2 aromatic carbocycles. The van der Waals surface area contributed by atoms with Gasteiger partial charge in [-0.2, -0.15) is 0 Å². The predicted molar refractivity (Wildman–Crippen MR) is 165 cm³/mol. The van der Waals surface area contributed by atoms with Gasteiger partial charge in [-0.05, 0) is 106 Å². The largest absolute Gasteiger partial charge is 0.504 e. The van der Waals surface area contributed by atoms with Crippen LogP contribution in [0.2, 0.25) is 0 Å². The minimum atomic E-state index is -0.312. The Balaban J connectivity index is 1.24. The first-order valence-corrected chi connectivity index (χ1v) is 15.1. The van der Waals surface area contributed by atoms with Crippen molar-refractivity contribution in [2.24, 2.45) is 17.8 Å². The number of methoxy groups -OCH3 is 2. The third-order valence-corrected chi connectivity index (χ3v) is 9.93. The topological polar surface area (TPSA) is 75.4 Å². The van der Waals surface area contributed by atoms with Crippen LogP contribution in [-0.4, -0.2) is 56.9 Å². The molecule has 0 radical (unpaired) electrons. The molecule has 3 aromatic rings. The van der Waals surface area contributed by atoms with Crippen molar-refractivity contribution in [2.45, 2.75) is 64.3 Å². The number of hydrogen-bond donors (Lipinski definition) is 1. The minimum Gasteiger partial charge on any atom is -0.504 e. The fraction of sp³-hybridized carbons (Fsp3) is 0.559. The maximum Gasteiger partial charge on any atom is 0.235 e. The van der Waals surface area contributed by atoms with E-state index in [1.54, 1.807) is 0 Å². The van der Waals surface area contributed by atoms with Crippen LogP contribution in [0.1, 0.15) is 58.8 Å². The molecular formula is C34H46N2O5. The second-order valence-corrected chi connectivity index (χ2v) is 12.6. The van der Waals surface area contributed by atoms with Gasteiger partial charge in [0, 0.05) is 30.4 Å². The third-order valence-electron chi connectivity index (χ3n) is 9.93. The van der Waals surface area contributed by atoms with Crippen molar-refractivity contribution in [3.63, 3.8) is 0 Å². The molecule has 2 fully saturated rings. The molecule has 5 rings (SSSR count). The summed E-state index contributed by atoms with van der Waals surface area (Å²) in [6, 6.07) is 10.9. The van der Waals surface area contributed by atoms with E-state index < -0.39 is 0 Å². The second-order valence-electron chi connectivity index (χ2n) is 12.6. The van der Waals surface area contributed by atoms with Gasteiger partial charge in [0.1, 0.15) is 0 Å². The number of ether oxygens (including phenoxy) is 2. The van der Waals surface area contributed by atoms with Crippen LogP contribution < -0.4 is 19.8 Å².